The van der Waals surface area contributed by atoms with Crippen molar-refractivity contribution in [3.8, 4) is 11.5 Å². The molecule has 14 heteroatoms. The van der Waals surface area contributed by atoms with E-state index in [1.54, 1.807) is 67.6 Å². The quantitative estimate of drug-likeness (QED) is 0.0483. The summed E-state index contributed by atoms with van der Waals surface area (Å²) in [6.45, 7) is 1.24. The first-order valence-corrected chi connectivity index (χ1v) is 20.8. The zero-order valence-electron chi connectivity index (χ0n) is 34.8. The second-order valence-corrected chi connectivity index (χ2v) is 15.3. The molecule has 0 radical (unpaired) electrons. The van der Waals surface area contributed by atoms with Crippen molar-refractivity contribution < 1.29 is 43.6 Å². The molecule has 5 rings (SSSR count). The van der Waals surface area contributed by atoms with E-state index in [2.05, 4.69) is 23.3 Å². The summed E-state index contributed by atoms with van der Waals surface area (Å²) in [6, 6.07) is 36.6. The molecule has 13 nitrogen and oxygen atoms in total. The van der Waals surface area contributed by atoms with Crippen LogP contribution in [0.3, 0.4) is 0 Å². The molecule has 0 unspecified atom stereocenters. The number of carbonyl (C=O) groups is 4. The molecular formula is C48H54N4O9S. The van der Waals surface area contributed by atoms with Crippen molar-refractivity contribution in [3.63, 3.8) is 0 Å². The number of rotatable bonds is 23. The van der Waals surface area contributed by atoms with E-state index in [0.29, 0.717) is 22.4 Å². The maximum atomic E-state index is 15.3. The molecule has 0 heterocycles. The Kier molecular flexibility index (Phi) is 17.5. The topological polar surface area (TPSA) is 190 Å². The number of nitrogens with one attached hydrogen (secondary N) is 2. The summed E-state index contributed by atoms with van der Waals surface area (Å²) in [5, 5.41) is 26.4. The van der Waals surface area contributed by atoms with Gasteiger partial charge in [0.25, 0.3) is 0 Å². The lowest BCUT2D eigenvalue weighted by Crippen LogP contribution is -2.65. The summed E-state index contributed by atoms with van der Waals surface area (Å²) in [4.78, 5) is 58.5. The summed E-state index contributed by atoms with van der Waals surface area (Å²) in [5.74, 6) is -3.19. The first kappa shape index (κ1) is 46.9. The van der Waals surface area contributed by atoms with Crippen molar-refractivity contribution in [3.05, 3.63) is 167 Å². The molecule has 326 valence electrons. The van der Waals surface area contributed by atoms with Gasteiger partial charge in [0.05, 0.1) is 39.1 Å². The molecule has 6 N–H and O–H groups in total. The maximum Gasteiger partial charge on any atom is 0.330 e. The van der Waals surface area contributed by atoms with Gasteiger partial charge in [-0.05, 0) is 65.4 Å². The van der Waals surface area contributed by atoms with Gasteiger partial charge in [-0.25, -0.2) is 4.79 Å². The van der Waals surface area contributed by atoms with E-state index in [4.69, 9.17) is 19.9 Å². The zero-order valence-corrected chi connectivity index (χ0v) is 35.7. The highest BCUT2D eigenvalue weighted by molar-refractivity contribution is 7.80. The number of hydrogen-bond donors (Lipinski definition) is 6. The Morgan fingerprint density at radius 1 is 0.726 bits per heavy atom. The number of phenolic OH excluding ortho intramolecular Hbond substituents is 1. The van der Waals surface area contributed by atoms with E-state index in [-0.39, 0.29) is 50.7 Å². The van der Waals surface area contributed by atoms with Gasteiger partial charge in [-0.3, -0.25) is 14.4 Å². The van der Waals surface area contributed by atoms with E-state index in [9.17, 15) is 24.6 Å². The van der Waals surface area contributed by atoms with Crippen LogP contribution in [-0.2, 0) is 61.3 Å². The van der Waals surface area contributed by atoms with Crippen molar-refractivity contribution in [2.45, 2.75) is 69.3 Å². The van der Waals surface area contributed by atoms with E-state index < -0.39 is 53.5 Å². The van der Waals surface area contributed by atoms with Gasteiger partial charge < -0.3 is 45.7 Å². The minimum atomic E-state index is -1.91. The number of hydrogen-bond acceptors (Lipinski definition) is 10. The molecule has 5 atom stereocenters. The Morgan fingerprint density at radius 2 is 1.27 bits per heavy atom. The Balaban J connectivity index is 1.51. The normalized spacial score (nSPS) is 14.0. The Labute approximate surface area is 367 Å². The van der Waals surface area contributed by atoms with Crippen LogP contribution in [0.2, 0.25) is 0 Å². The van der Waals surface area contributed by atoms with Crippen molar-refractivity contribution in [1.29, 1.82) is 0 Å². The van der Waals surface area contributed by atoms with E-state index >= 15 is 4.79 Å². The average molecular weight is 863 g/mol. The van der Waals surface area contributed by atoms with Gasteiger partial charge in [0.1, 0.15) is 23.6 Å². The monoisotopic (exact) mass is 862 g/mol. The van der Waals surface area contributed by atoms with E-state index in [1.165, 1.54) is 24.1 Å². The first-order valence-electron chi connectivity index (χ1n) is 20.2. The number of benzene rings is 5. The van der Waals surface area contributed by atoms with Crippen LogP contribution in [-0.4, -0.2) is 88.0 Å². The molecule has 5 aromatic rings. The molecule has 0 aliphatic rings. The number of nitrogens with two attached hydrogens (primary N) is 1. The number of thiol groups is 1. The molecule has 3 amide bonds. The fourth-order valence-corrected chi connectivity index (χ4v) is 7.23. The smallest absolute Gasteiger partial charge is 0.330 e. The van der Waals surface area contributed by atoms with Gasteiger partial charge >= 0.3 is 5.97 Å². The zero-order chi connectivity index (χ0) is 44.5. The molecule has 62 heavy (non-hydrogen) atoms. The van der Waals surface area contributed by atoms with Gasteiger partial charge in [-0.15, -0.1) is 0 Å². The lowest BCUT2D eigenvalue weighted by Gasteiger charge is -2.42. The van der Waals surface area contributed by atoms with Gasteiger partial charge in [0.15, 0.2) is 5.54 Å². The fourth-order valence-electron chi connectivity index (χ4n) is 6.81. The van der Waals surface area contributed by atoms with E-state index in [1.807, 2.05) is 66.7 Å². The third-order valence-corrected chi connectivity index (χ3v) is 10.9. The predicted molar refractivity (Wildman–Crippen MR) is 238 cm³/mol. The number of phenols is 1. The third-order valence-electron chi connectivity index (χ3n) is 10.4. The summed E-state index contributed by atoms with van der Waals surface area (Å²) >= 11 is 4.57. The maximum absolute atomic E-state index is 15.3. The van der Waals surface area contributed by atoms with Crippen LogP contribution in [0, 0.1) is 0 Å². The van der Waals surface area contributed by atoms with Crippen molar-refractivity contribution in [1.82, 2.24) is 15.5 Å². The van der Waals surface area contributed by atoms with Crippen LogP contribution < -0.4 is 21.1 Å². The Bertz CT molecular complexity index is 2180. The van der Waals surface area contributed by atoms with Gasteiger partial charge in [0, 0.05) is 18.7 Å². The van der Waals surface area contributed by atoms with E-state index in [0.717, 1.165) is 11.1 Å². The average Bonchev–Trinajstić information content (AvgIpc) is 3.29. The lowest BCUT2D eigenvalue weighted by molar-refractivity contribution is -0.160. The summed E-state index contributed by atoms with van der Waals surface area (Å²) in [5.41, 5.74) is 7.98. The first-order chi connectivity index (χ1) is 29.9. The van der Waals surface area contributed by atoms with Crippen molar-refractivity contribution in [2.75, 3.05) is 19.5 Å². The number of carboxylic acid groups (broad SMARTS) is 1. The highest BCUT2D eigenvalue weighted by atomic mass is 32.1. The number of aromatic hydroxyl groups is 1. The molecule has 0 aliphatic carbocycles. The number of methoxy groups -OCH3 is 1. The SMILES string of the molecule is COc1ccc(CN(C(=O)[C@H](COCc2ccccc2)NC(=O)[C@@H](NC(=O)[C@@H](N)Cc2ccc(O)cc2)[C@@H](C)OCc2ccccc2)[C@](CS)(Cc2ccccc2)C(=O)O)cc1. The predicted octanol–water partition coefficient (Wildman–Crippen LogP) is 5.09. The molecule has 0 saturated heterocycles. The molecule has 0 fully saturated rings. The van der Waals surface area contributed by atoms with Crippen LogP contribution in [0.15, 0.2) is 140 Å². The van der Waals surface area contributed by atoms with Crippen molar-refractivity contribution in [2.24, 2.45) is 5.73 Å². The molecule has 5 aromatic carbocycles. The summed E-state index contributed by atoms with van der Waals surface area (Å²) in [7, 11) is 1.52. The van der Waals surface area contributed by atoms with Gasteiger partial charge in [-0.2, -0.15) is 12.6 Å². The molecular weight excluding hydrogens is 809 g/mol. The number of carbonyl (C=O) groups excluding carboxylic acids is 3. The molecule has 0 aliphatic heterocycles. The Morgan fingerprint density at radius 3 is 1.82 bits per heavy atom. The minimum absolute atomic E-state index is 0.0577. The van der Waals surface area contributed by atoms with Crippen LogP contribution >= 0.6 is 12.6 Å². The second kappa shape index (κ2) is 23.1. The summed E-state index contributed by atoms with van der Waals surface area (Å²) in [6.07, 6.45) is -0.969. The standard InChI is InChI=1S/C48H54N4O9S/c1-33(61-30-38-16-10-5-11-17-38)43(51-44(54)41(49)26-34-18-22-39(53)23-19-34)45(55)50-42(31-60-29-37-14-8-4-9-15-37)46(56)52(28-36-20-24-40(59-2)25-21-36)48(32-62,47(57)58)27-35-12-6-3-7-13-35/h3-25,33,41-43,53,62H,26-32,49H2,1-2H3,(H,50,55)(H,51,54)(H,57,58)/t33-,41+,42+,43+,48+/m1/s1. The largest absolute Gasteiger partial charge is 0.508 e. The molecule has 0 saturated carbocycles. The summed E-state index contributed by atoms with van der Waals surface area (Å²) < 4.78 is 17.6. The van der Waals surface area contributed by atoms with Gasteiger partial charge in [0.2, 0.25) is 17.7 Å². The van der Waals surface area contributed by atoms with Crippen molar-refractivity contribution >= 4 is 36.3 Å². The van der Waals surface area contributed by atoms with Crippen LogP contribution in [0.25, 0.3) is 0 Å². The number of carboxylic acids is 1. The lowest BCUT2D eigenvalue weighted by atomic mass is 9.89. The fraction of sp³-hybridized carbons (Fsp3) is 0.292. The molecule has 0 bridgehead atoms. The Hall–Kier alpha value is -6.19. The number of aliphatic carboxylic acids is 1. The minimum Gasteiger partial charge on any atom is -0.508 e. The second-order valence-electron chi connectivity index (χ2n) is 15.0. The highest BCUT2D eigenvalue weighted by Crippen LogP contribution is 2.28. The number of ether oxygens (including phenoxy) is 3. The third kappa shape index (κ3) is 13.2. The molecule has 0 aromatic heterocycles. The van der Waals surface area contributed by atoms with Crippen LogP contribution in [0.1, 0.15) is 34.7 Å². The molecule has 0 spiro atoms. The number of nitrogens with zero attached hydrogens (tertiary/aromatic N) is 1. The number of amides is 3. The van der Waals surface area contributed by atoms with Crippen LogP contribution in [0.4, 0.5) is 0 Å². The van der Waals surface area contributed by atoms with Crippen LogP contribution in [0.5, 0.6) is 11.5 Å². The van der Waals surface area contributed by atoms with Gasteiger partial charge in [-0.1, -0.05) is 115 Å². The highest BCUT2D eigenvalue weighted by Gasteiger charge is 2.48.